The normalized spacial score (nSPS) is 12.2. The molecule has 0 aliphatic heterocycles. The van der Waals surface area contributed by atoms with Crippen LogP contribution >= 0.6 is 15.9 Å². The van der Waals surface area contributed by atoms with Crippen LogP contribution in [0.4, 0.5) is 8.78 Å². The number of rotatable bonds is 5. The summed E-state index contributed by atoms with van der Waals surface area (Å²) in [6, 6.07) is 9.39. The van der Waals surface area contributed by atoms with Crippen LogP contribution in [0.15, 0.2) is 40.9 Å². The highest BCUT2D eigenvalue weighted by Gasteiger charge is 2.18. The van der Waals surface area contributed by atoms with E-state index in [9.17, 15) is 8.78 Å². The maximum Gasteiger partial charge on any atom is 0.145 e. The molecule has 0 aliphatic carbocycles. The molecule has 1 atom stereocenters. The number of benzene rings is 2. The minimum Gasteiger partial charge on any atom is -0.497 e. The Labute approximate surface area is 131 Å². The molecule has 0 saturated heterocycles. The highest BCUT2D eigenvalue weighted by molar-refractivity contribution is 9.10. The van der Waals surface area contributed by atoms with Crippen LogP contribution in [-0.4, -0.2) is 7.11 Å². The van der Waals surface area contributed by atoms with E-state index in [1.54, 1.807) is 7.11 Å². The summed E-state index contributed by atoms with van der Waals surface area (Å²) in [4.78, 5) is 0. The second kappa shape index (κ2) is 7.00. The molecular formula is C16H16BrF2NO. The molecule has 0 saturated carbocycles. The first-order chi connectivity index (χ1) is 10.0. The van der Waals surface area contributed by atoms with E-state index >= 15 is 0 Å². The van der Waals surface area contributed by atoms with Gasteiger partial charge in [0.2, 0.25) is 0 Å². The van der Waals surface area contributed by atoms with E-state index in [0.717, 1.165) is 11.3 Å². The lowest BCUT2D eigenvalue weighted by Crippen LogP contribution is -2.15. The van der Waals surface area contributed by atoms with E-state index in [2.05, 4.69) is 15.9 Å². The van der Waals surface area contributed by atoms with Crippen molar-refractivity contribution in [1.29, 1.82) is 0 Å². The van der Waals surface area contributed by atoms with Gasteiger partial charge in [-0.25, -0.2) is 8.78 Å². The number of ether oxygens (including phenoxy) is 1. The maximum atomic E-state index is 14.0. The molecule has 0 bridgehead atoms. The van der Waals surface area contributed by atoms with Crippen LogP contribution in [0.2, 0.25) is 0 Å². The lowest BCUT2D eigenvalue weighted by atomic mass is 9.99. The predicted octanol–water partition coefficient (Wildman–Crippen LogP) is 4.37. The van der Waals surface area contributed by atoms with Gasteiger partial charge in [0.1, 0.15) is 17.4 Å². The molecule has 2 N–H and O–H groups in total. The molecular weight excluding hydrogens is 340 g/mol. The Balaban J connectivity index is 2.08. The third-order valence-corrected chi connectivity index (χ3v) is 3.97. The van der Waals surface area contributed by atoms with Crippen molar-refractivity contribution < 1.29 is 13.5 Å². The number of aryl methyl sites for hydroxylation is 1. The van der Waals surface area contributed by atoms with Crippen molar-refractivity contribution in [3.05, 3.63) is 63.6 Å². The molecule has 0 radical (unpaired) electrons. The van der Waals surface area contributed by atoms with Crippen LogP contribution in [0.5, 0.6) is 5.75 Å². The van der Waals surface area contributed by atoms with Gasteiger partial charge in [0.15, 0.2) is 0 Å². The van der Waals surface area contributed by atoms with Gasteiger partial charge in [0.05, 0.1) is 11.6 Å². The van der Waals surface area contributed by atoms with Gasteiger partial charge in [0.25, 0.3) is 0 Å². The van der Waals surface area contributed by atoms with Gasteiger partial charge in [-0.1, -0.05) is 12.1 Å². The van der Waals surface area contributed by atoms with Gasteiger partial charge in [-0.05, 0) is 58.6 Å². The zero-order chi connectivity index (χ0) is 15.4. The molecule has 2 aromatic carbocycles. The number of nitrogens with two attached hydrogens (primary N) is 1. The average Bonchev–Trinajstić information content (AvgIpc) is 2.50. The first kappa shape index (κ1) is 15.9. The molecule has 0 amide bonds. The highest BCUT2D eigenvalue weighted by atomic mass is 79.9. The van der Waals surface area contributed by atoms with Crippen molar-refractivity contribution in [3.8, 4) is 5.75 Å². The molecule has 2 rings (SSSR count). The number of methoxy groups -OCH3 is 1. The Kier molecular flexibility index (Phi) is 5.31. The standard InChI is InChI=1S/C16H16BrF2NO/c1-21-11-5-2-10(3-6-11)4-9-14(20)15-13(18)8-7-12(17)16(15)19/h2-3,5-8,14H,4,9,20H2,1H3. The lowest BCUT2D eigenvalue weighted by Gasteiger charge is -2.15. The minimum atomic E-state index is -0.690. The molecule has 0 spiro atoms. The SMILES string of the molecule is COc1ccc(CCC(N)c2c(F)ccc(Br)c2F)cc1. The molecule has 0 heterocycles. The van der Waals surface area contributed by atoms with E-state index in [1.807, 2.05) is 24.3 Å². The van der Waals surface area contributed by atoms with Crippen LogP contribution in [0, 0.1) is 11.6 Å². The Morgan fingerprint density at radius 3 is 2.43 bits per heavy atom. The van der Waals surface area contributed by atoms with Crippen LogP contribution in [0.25, 0.3) is 0 Å². The topological polar surface area (TPSA) is 35.2 Å². The third kappa shape index (κ3) is 3.80. The Bertz CT molecular complexity index is 616. The van der Waals surface area contributed by atoms with Gasteiger partial charge in [-0.3, -0.25) is 0 Å². The van der Waals surface area contributed by atoms with E-state index in [-0.39, 0.29) is 10.0 Å². The lowest BCUT2D eigenvalue weighted by molar-refractivity contribution is 0.414. The summed E-state index contributed by atoms with van der Waals surface area (Å²) < 4.78 is 33.0. The monoisotopic (exact) mass is 355 g/mol. The number of hydrogen-bond donors (Lipinski definition) is 1. The van der Waals surface area contributed by atoms with Gasteiger partial charge in [0, 0.05) is 11.6 Å². The van der Waals surface area contributed by atoms with Crippen molar-refractivity contribution in [2.45, 2.75) is 18.9 Å². The summed E-state index contributed by atoms with van der Waals surface area (Å²) >= 11 is 3.05. The fraction of sp³-hybridized carbons (Fsp3) is 0.250. The molecule has 2 aromatic rings. The van der Waals surface area contributed by atoms with Crippen molar-refractivity contribution in [3.63, 3.8) is 0 Å². The van der Waals surface area contributed by atoms with Crippen LogP contribution in [0.1, 0.15) is 23.6 Å². The molecule has 21 heavy (non-hydrogen) atoms. The summed E-state index contributed by atoms with van der Waals surface area (Å²) in [6.45, 7) is 0. The average molecular weight is 356 g/mol. The summed E-state index contributed by atoms with van der Waals surface area (Å²) in [5.74, 6) is -0.470. The highest BCUT2D eigenvalue weighted by Crippen LogP contribution is 2.28. The fourth-order valence-corrected chi connectivity index (χ4v) is 2.49. The molecule has 0 aliphatic rings. The summed E-state index contributed by atoms with van der Waals surface area (Å²) in [5, 5.41) is 0. The van der Waals surface area contributed by atoms with Gasteiger partial charge < -0.3 is 10.5 Å². The van der Waals surface area contributed by atoms with Crippen molar-refractivity contribution in [1.82, 2.24) is 0 Å². The zero-order valence-electron chi connectivity index (χ0n) is 11.6. The molecule has 0 aromatic heterocycles. The number of hydrogen-bond acceptors (Lipinski definition) is 2. The Hall–Kier alpha value is -1.46. The van der Waals surface area contributed by atoms with Crippen LogP contribution in [0.3, 0.4) is 0 Å². The zero-order valence-corrected chi connectivity index (χ0v) is 13.2. The largest absolute Gasteiger partial charge is 0.497 e. The summed E-state index contributed by atoms with van der Waals surface area (Å²) in [7, 11) is 1.60. The molecule has 1 unspecified atom stereocenters. The van der Waals surface area contributed by atoms with Gasteiger partial charge in [-0.15, -0.1) is 0 Å². The van der Waals surface area contributed by atoms with E-state index in [1.165, 1.54) is 12.1 Å². The third-order valence-electron chi connectivity index (χ3n) is 3.35. The number of halogens is 3. The van der Waals surface area contributed by atoms with Crippen LogP contribution < -0.4 is 10.5 Å². The molecule has 112 valence electrons. The quantitative estimate of drug-likeness (QED) is 0.808. The molecule has 5 heteroatoms. The summed E-state index contributed by atoms with van der Waals surface area (Å²) in [5.41, 5.74) is 6.92. The fourth-order valence-electron chi connectivity index (χ4n) is 2.14. The summed E-state index contributed by atoms with van der Waals surface area (Å²) in [6.07, 6.45) is 1.09. The Morgan fingerprint density at radius 2 is 1.81 bits per heavy atom. The second-order valence-electron chi connectivity index (χ2n) is 4.75. The maximum absolute atomic E-state index is 14.0. The Morgan fingerprint density at radius 1 is 1.14 bits per heavy atom. The van der Waals surface area contributed by atoms with Gasteiger partial charge in [-0.2, -0.15) is 0 Å². The first-order valence-electron chi connectivity index (χ1n) is 6.55. The predicted molar refractivity (Wildman–Crippen MR) is 82.3 cm³/mol. The second-order valence-corrected chi connectivity index (χ2v) is 5.60. The molecule has 2 nitrogen and oxygen atoms in total. The van der Waals surface area contributed by atoms with Crippen molar-refractivity contribution in [2.24, 2.45) is 5.73 Å². The smallest absolute Gasteiger partial charge is 0.145 e. The van der Waals surface area contributed by atoms with Gasteiger partial charge >= 0.3 is 0 Å². The molecule has 0 fully saturated rings. The van der Waals surface area contributed by atoms with E-state index in [4.69, 9.17) is 10.5 Å². The minimum absolute atomic E-state index is 0.0714. The van der Waals surface area contributed by atoms with E-state index in [0.29, 0.717) is 12.8 Å². The van der Waals surface area contributed by atoms with Crippen molar-refractivity contribution in [2.75, 3.05) is 7.11 Å². The first-order valence-corrected chi connectivity index (χ1v) is 7.34. The van der Waals surface area contributed by atoms with Crippen LogP contribution in [-0.2, 0) is 6.42 Å². The van der Waals surface area contributed by atoms with Crippen molar-refractivity contribution >= 4 is 15.9 Å². The van der Waals surface area contributed by atoms with E-state index < -0.39 is 17.7 Å².